The summed E-state index contributed by atoms with van der Waals surface area (Å²) in [5.41, 5.74) is 0.840. The Kier molecular flexibility index (Phi) is 4.26. The Balaban J connectivity index is 1.66. The van der Waals surface area contributed by atoms with Gasteiger partial charge in [-0.1, -0.05) is 22.0 Å². The second-order valence-electron chi connectivity index (χ2n) is 5.51. The number of anilines is 1. The molecule has 2 heterocycles. The van der Waals surface area contributed by atoms with E-state index in [1.165, 1.54) is 0 Å². The summed E-state index contributed by atoms with van der Waals surface area (Å²) >= 11 is 3.41. The summed E-state index contributed by atoms with van der Waals surface area (Å²) < 4.78 is 0.928. The molecule has 0 saturated carbocycles. The van der Waals surface area contributed by atoms with Crippen LogP contribution in [0.4, 0.5) is 5.69 Å². The lowest BCUT2D eigenvalue weighted by molar-refractivity contribution is -0.132. The fourth-order valence-corrected chi connectivity index (χ4v) is 3.29. The van der Waals surface area contributed by atoms with Crippen LogP contribution in [0.2, 0.25) is 0 Å². The third-order valence-electron chi connectivity index (χ3n) is 4.05. The number of carbonyl (C=O) groups excluding carboxylic acids is 2. The molecule has 2 unspecified atom stereocenters. The Morgan fingerprint density at radius 2 is 2.24 bits per heavy atom. The minimum atomic E-state index is -0.551. The number of nitrogens with one attached hydrogen (secondary N) is 2. The van der Waals surface area contributed by atoms with Crippen LogP contribution in [0.15, 0.2) is 28.7 Å². The molecule has 2 fully saturated rings. The summed E-state index contributed by atoms with van der Waals surface area (Å²) in [7, 11) is 0. The van der Waals surface area contributed by atoms with Gasteiger partial charge in [-0.25, -0.2) is 0 Å². The fraction of sp³-hybridized carbons (Fsp3) is 0.467. The van der Waals surface area contributed by atoms with Gasteiger partial charge in [0.1, 0.15) is 5.92 Å². The summed E-state index contributed by atoms with van der Waals surface area (Å²) in [6.45, 7) is 2.31. The van der Waals surface area contributed by atoms with Crippen LogP contribution < -0.4 is 15.5 Å². The van der Waals surface area contributed by atoms with Crippen molar-refractivity contribution in [2.24, 2.45) is 5.92 Å². The average Bonchev–Trinajstić information content (AvgIpc) is 3.08. The van der Waals surface area contributed by atoms with E-state index in [1.807, 2.05) is 24.3 Å². The number of halogens is 1. The van der Waals surface area contributed by atoms with Gasteiger partial charge in [0.25, 0.3) is 0 Å². The Morgan fingerprint density at radius 1 is 1.38 bits per heavy atom. The molecule has 2 aliphatic heterocycles. The zero-order chi connectivity index (χ0) is 14.8. The molecule has 0 bridgehead atoms. The normalized spacial score (nSPS) is 25.4. The molecule has 0 spiro atoms. The standard InChI is InChI=1S/C15H18BrN3O2/c16-10-2-1-3-12(8-10)19-7-5-13(15(19)21)14(20)18-11-4-6-17-9-11/h1-3,8,11,13,17H,4-7,9H2,(H,18,20). The van der Waals surface area contributed by atoms with Crippen LogP contribution in [0.3, 0.4) is 0 Å². The van der Waals surface area contributed by atoms with Crippen molar-refractivity contribution < 1.29 is 9.59 Å². The van der Waals surface area contributed by atoms with E-state index in [-0.39, 0.29) is 17.9 Å². The smallest absolute Gasteiger partial charge is 0.239 e. The third-order valence-corrected chi connectivity index (χ3v) is 4.54. The minimum Gasteiger partial charge on any atom is -0.351 e. The van der Waals surface area contributed by atoms with Crippen molar-refractivity contribution in [3.8, 4) is 0 Å². The molecule has 5 nitrogen and oxygen atoms in total. The number of hydrogen-bond donors (Lipinski definition) is 2. The van der Waals surface area contributed by atoms with E-state index in [0.29, 0.717) is 13.0 Å². The number of benzene rings is 1. The van der Waals surface area contributed by atoms with Crippen molar-refractivity contribution in [3.63, 3.8) is 0 Å². The van der Waals surface area contributed by atoms with E-state index in [0.717, 1.165) is 29.7 Å². The van der Waals surface area contributed by atoms with Crippen molar-refractivity contribution in [1.29, 1.82) is 0 Å². The van der Waals surface area contributed by atoms with Crippen LogP contribution >= 0.6 is 15.9 Å². The Morgan fingerprint density at radius 3 is 2.95 bits per heavy atom. The predicted octanol–water partition coefficient (Wildman–Crippen LogP) is 1.28. The monoisotopic (exact) mass is 351 g/mol. The molecule has 21 heavy (non-hydrogen) atoms. The summed E-state index contributed by atoms with van der Waals surface area (Å²) in [5.74, 6) is -0.785. The van der Waals surface area contributed by atoms with Crippen LogP contribution in [0, 0.1) is 5.92 Å². The van der Waals surface area contributed by atoms with E-state index >= 15 is 0 Å². The summed E-state index contributed by atoms with van der Waals surface area (Å²) in [6, 6.07) is 7.76. The lowest BCUT2D eigenvalue weighted by Gasteiger charge is -2.18. The second kappa shape index (κ2) is 6.15. The number of nitrogens with zero attached hydrogens (tertiary/aromatic N) is 1. The third kappa shape index (κ3) is 3.11. The maximum Gasteiger partial charge on any atom is 0.239 e. The molecule has 1 aromatic carbocycles. The van der Waals surface area contributed by atoms with E-state index < -0.39 is 5.92 Å². The van der Waals surface area contributed by atoms with Gasteiger partial charge >= 0.3 is 0 Å². The molecule has 3 rings (SSSR count). The van der Waals surface area contributed by atoms with Crippen molar-refractivity contribution in [2.45, 2.75) is 18.9 Å². The van der Waals surface area contributed by atoms with Gasteiger partial charge in [0.15, 0.2) is 0 Å². The zero-order valence-corrected chi connectivity index (χ0v) is 13.2. The molecule has 112 valence electrons. The lowest BCUT2D eigenvalue weighted by atomic mass is 10.1. The minimum absolute atomic E-state index is 0.100. The van der Waals surface area contributed by atoms with Crippen LogP contribution in [0.5, 0.6) is 0 Å². The molecule has 0 aliphatic carbocycles. The predicted molar refractivity (Wildman–Crippen MR) is 84.0 cm³/mol. The summed E-state index contributed by atoms with van der Waals surface area (Å²) in [5, 5.41) is 6.18. The molecule has 1 aromatic rings. The van der Waals surface area contributed by atoms with Crippen LogP contribution in [0.1, 0.15) is 12.8 Å². The van der Waals surface area contributed by atoms with E-state index in [1.54, 1.807) is 4.90 Å². The SMILES string of the molecule is O=C(NC1CCNC1)C1CCN(c2cccc(Br)c2)C1=O. The first-order chi connectivity index (χ1) is 10.1. The Hall–Kier alpha value is -1.40. The maximum atomic E-state index is 12.5. The van der Waals surface area contributed by atoms with E-state index in [4.69, 9.17) is 0 Å². The molecule has 0 radical (unpaired) electrons. The van der Waals surface area contributed by atoms with Gasteiger partial charge in [-0.3, -0.25) is 9.59 Å². The topological polar surface area (TPSA) is 61.4 Å². The molecule has 2 saturated heterocycles. The van der Waals surface area contributed by atoms with Crippen LogP contribution in [-0.2, 0) is 9.59 Å². The quantitative estimate of drug-likeness (QED) is 0.806. The Bertz CT molecular complexity index is 558. The van der Waals surface area contributed by atoms with Gasteiger partial charge in [0.05, 0.1) is 0 Å². The highest BCUT2D eigenvalue weighted by Crippen LogP contribution is 2.27. The molecular weight excluding hydrogens is 334 g/mol. The first kappa shape index (κ1) is 14.5. The zero-order valence-electron chi connectivity index (χ0n) is 11.6. The first-order valence-corrected chi connectivity index (χ1v) is 8.02. The molecule has 2 amide bonds. The van der Waals surface area contributed by atoms with Gasteiger partial charge in [-0.2, -0.15) is 0 Å². The number of hydrogen-bond acceptors (Lipinski definition) is 3. The van der Waals surface area contributed by atoms with Crippen molar-refractivity contribution in [1.82, 2.24) is 10.6 Å². The van der Waals surface area contributed by atoms with Gasteiger partial charge in [-0.05, 0) is 37.6 Å². The number of rotatable bonds is 3. The summed E-state index contributed by atoms with van der Waals surface area (Å²) in [6.07, 6.45) is 1.51. The van der Waals surface area contributed by atoms with E-state index in [2.05, 4.69) is 26.6 Å². The van der Waals surface area contributed by atoms with Crippen molar-refractivity contribution in [2.75, 3.05) is 24.5 Å². The Labute approximate surface area is 132 Å². The molecule has 2 aliphatic rings. The molecule has 0 aromatic heterocycles. The molecule has 2 atom stereocenters. The average molecular weight is 352 g/mol. The highest BCUT2D eigenvalue weighted by atomic mass is 79.9. The van der Waals surface area contributed by atoms with E-state index in [9.17, 15) is 9.59 Å². The number of carbonyl (C=O) groups is 2. The van der Waals surface area contributed by atoms with Gasteiger partial charge in [0, 0.05) is 29.3 Å². The van der Waals surface area contributed by atoms with Crippen molar-refractivity contribution >= 4 is 33.4 Å². The van der Waals surface area contributed by atoms with Crippen LogP contribution in [0.25, 0.3) is 0 Å². The van der Waals surface area contributed by atoms with Crippen LogP contribution in [-0.4, -0.2) is 37.5 Å². The molecule has 6 heteroatoms. The first-order valence-electron chi connectivity index (χ1n) is 7.23. The largest absolute Gasteiger partial charge is 0.351 e. The van der Waals surface area contributed by atoms with Gasteiger partial charge in [-0.15, -0.1) is 0 Å². The fourth-order valence-electron chi connectivity index (χ4n) is 2.90. The maximum absolute atomic E-state index is 12.5. The molecule has 2 N–H and O–H groups in total. The second-order valence-corrected chi connectivity index (χ2v) is 6.42. The molecular formula is C15H18BrN3O2. The lowest BCUT2D eigenvalue weighted by Crippen LogP contribution is -2.42. The number of amides is 2. The summed E-state index contributed by atoms with van der Waals surface area (Å²) in [4.78, 5) is 26.4. The highest BCUT2D eigenvalue weighted by molar-refractivity contribution is 9.10. The van der Waals surface area contributed by atoms with Gasteiger partial charge in [0.2, 0.25) is 11.8 Å². The van der Waals surface area contributed by atoms with Crippen molar-refractivity contribution in [3.05, 3.63) is 28.7 Å². The highest BCUT2D eigenvalue weighted by Gasteiger charge is 2.38. The van der Waals surface area contributed by atoms with Gasteiger partial charge < -0.3 is 15.5 Å².